The van der Waals surface area contributed by atoms with Crippen molar-refractivity contribution in [2.45, 2.75) is 10.9 Å². The molecule has 0 aliphatic carbocycles. The Labute approximate surface area is 149 Å². The van der Waals surface area contributed by atoms with Crippen molar-refractivity contribution in [2.24, 2.45) is 0 Å². The van der Waals surface area contributed by atoms with E-state index in [1.165, 1.54) is 22.1 Å². The smallest absolute Gasteiger partial charge is 0.246 e. The number of amides is 1. The first kappa shape index (κ1) is 17.4. The number of hydrogen-bond acceptors (Lipinski definition) is 5. The van der Waals surface area contributed by atoms with E-state index in [0.29, 0.717) is 18.8 Å². The minimum absolute atomic E-state index is 0.0659. The number of nitrogens with zero attached hydrogens (tertiary/aromatic N) is 2. The molecule has 1 aromatic carbocycles. The third kappa shape index (κ3) is 3.51. The third-order valence-corrected chi connectivity index (χ3v) is 8.35. The van der Waals surface area contributed by atoms with Crippen LogP contribution in [0.4, 0.5) is 0 Å². The predicted molar refractivity (Wildman–Crippen MR) is 95.5 cm³/mol. The molecule has 2 saturated heterocycles. The highest BCUT2D eigenvalue weighted by Crippen LogP contribution is 2.32. The minimum Gasteiger partial charge on any atom is -0.340 e. The van der Waals surface area contributed by atoms with Crippen molar-refractivity contribution in [1.82, 2.24) is 9.21 Å². The van der Waals surface area contributed by atoms with Crippen LogP contribution in [-0.2, 0) is 14.8 Å². The second-order valence-electron chi connectivity index (χ2n) is 5.28. The van der Waals surface area contributed by atoms with E-state index >= 15 is 0 Å². The summed E-state index contributed by atoms with van der Waals surface area (Å²) in [6.07, 6.45) is 0. The average Bonchev–Trinajstić information content (AvgIpc) is 3.05. The van der Waals surface area contributed by atoms with Crippen molar-refractivity contribution in [3.8, 4) is 0 Å². The lowest BCUT2D eigenvalue weighted by Gasteiger charge is -2.31. The Hall–Kier alpha value is -0.410. The minimum atomic E-state index is -3.77. The molecular weight excluding hydrogens is 376 g/mol. The second-order valence-corrected chi connectivity index (χ2v) is 9.77. The summed E-state index contributed by atoms with van der Waals surface area (Å²) in [5.74, 6) is 2.50. The van der Waals surface area contributed by atoms with Crippen molar-refractivity contribution in [2.75, 3.05) is 36.2 Å². The maximum absolute atomic E-state index is 12.9. The Morgan fingerprint density at radius 1 is 1.17 bits per heavy atom. The summed E-state index contributed by atoms with van der Waals surface area (Å²) in [5.41, 5.74) is 0. The number of rotatable bonds is 3. The fourth-order valence-electron chi connectivity index (χ4n) is 2.63. The van der Waals surface area contributed by atoms with Gasteiger partial charge in [0.25, 0.3) is 0 Å². The molecule has 0 radical (unpaired) electrons. The van der Waals surface area contributed by atoms with Gasteiger partial charge < -0.3 is 4.90 Å². The Balaban J connectivity index is 1.86. The first-order chi connectivity index (χ1) is 11.0. The van der Waals surface area contributed by atoms with Gasteiger partial charge in [-0.05, 0) is 12.1 Å². The summed E-state index contributed by atoms with van der Waals surface area (Å²) in [6, 6.07) is 5.73. The number of benzene rings is 1. The molecule has 0 spiro atoms. The van der Waals surface area contributed by atoms with E-state index in [9.17, 15) is 13.2 Å². The van der Waals surface area contributed by atoms with E-state index in [1.54, 1.807) is 23.1 Å². The molecule has 9 heteroatoms. The number of hydrogen-bond donors (Lipinski definition) is 0. The van der Waals surface area contributed by atoms with Crippen LogP contribution >= 0.6 is 35.1 Å². The molecule has 2 aliphatic heterocycles. The molecule has 2 heterocycles. The van der Waals surface area contributed by atoms with Crippen LogP contribution in [0.2, 0.25) is 5.02 Å². The lowest BCUT2D eigenvalue weighted by Crippen LogP contribution is -2.51. The van der Waals surface area contributed by atoms with Gasteiger partial charge in [-0.15, -0.1) is 11.8 Å². The zero-order valence-electron chi connectivity index (χ0n) is 12.4. The number of carbonyl (C=O) groups is 1. The molecule has 1 unspecified atom stereocenters. The molecule has 5 nitrogen and oxygen atoms in total. The van der Waals surface area contributed by atoms with Gasteiger partial charge in [0.1, 0.15) is 10.9 Å². The maximum Gasteiger partial charge on any atom is 0.246 e. The molecule has 1 amide bonds. The van der Waals surface area contributed by atoms with E-state index in [-0.39, 0.29) is 21.7 Å². The SMILES string of the molecule is O=C(C1CSCN1S(=O)(=O)c1ccccc1Cl)N1CCSCC1. The topological polar surface area (TPSA) is 57.7 Å². The van der Waals surface area contributed by atoms with Crippen LogP contribution in [0, 0.1) is 0 Å². The van der Waals surface area contributed by atoms with Crippen molar-refractivity contribution in [1.29, 1.82) is 0 Å². The van der Waals surface area contributed by atoms with Crippen molar-refractivity contribution in [3.63, 3.8) is 0 Å². The van der Waals surface area contributed by atoms with Crippen molar-refractivity contribution in [3.05, 3.63) is 29.3 Å². The highest BCUT2D eigenvalue weighted by atomic mass is 35.5. The standard InChI is InChI=1S/C14H17ClN2O3S3/c15-11-3-1-2-4-13(11)23(19,20)17-10-22-9-12(17)14(18)16-5-7-21-8-6-16/h1-4,12H,5-10H2. The summed E-state index contributed by atoms with van der Waals surface area (Å²) >= 11 is 9.33. The highest BCUT2D eigenvalue weighted by Gasteiger charge is 2.42. The zero-order chi connectivity index (χ0) is 16.4. The Bertz CT molecular complexity index is 692. The number of carbonyl (C=O) groups excluding carboxylic acids is 1. The molecule has 2 fully saturated rings. The van der Waals surface area contributed by atoms with Crippen LogP contribution in [0.5, 0.6) is 0 Å². The molecule has 0 aromatic heterocycles. The van der Waals surface area contributed by atoms with Gasteiger partial charge in [0.05, 0.1) is 10.9 Å². The second kappa shape index (κ2) is 7.23. The first-order valence-electron chi connectivity index (χ1n) is 7.22. The lowest BCUT2D eigenvalue weighted by atomic mass is 10.3. The van der Waals surface area contributed by atoms with Gasteiger partial charge in [0.2, 0.25) is 15.9 Å². The molecule has 126 valence electrons. The van der Waals surface area contributed by atoms with Gasteiger partial charge in [-0.25, -0.2) is 8.42 Å². The van der Waals surface area contributed by atoms with Crippen LogP contribution in [0.25, 0.3) is 0 Å². The van der Waals surface area contributed by atoms with Gasteiger partial charge >= 0.3 is 0 Å². The molecule has 0 N–H and O–H groups in total. The Kier molecular flexibility index (Phi) is 5.47. The monoisotopic (exact) mass is 392 g/mol. The van der Waals surface area contributed by atoms with Crippen LogP contribution < -0.4 is 0 Å². The quantitative estimate of drug-likeness (QED) is 0.787. The summed E-state index contributed by atoms with van der Waals surface area (Å²) in [5, 5.41) is 0.185. The summed E-state index contributed by atoms with van der Waals surface area (Å²) in [7, 11) is -3.77. The van der Waals surface area contributed by atoms with Gasteiger partial charge in [-0.2, -0.15) is 16.1 Å². The zero-order valence-corrected chi connectivity index (χ0v) is 15.6. The number of sulfonamides is 1. The molecule has 1 aromatic rings. The first-order valence-corrected chi connectivity index (χ1v) is 11.4. The van der Waals surface area contributed by atoms with Gasteiger partial charge in [0, 0.05) is 30.3 Å². The Morgan fingerprint density at radius 3 is 2.57 bits per heavy atom. The largest absolute Gasteiger partial charge is 0.340 e. The normalized spacial score (nSPS) is 23.2. The van der Waals surface area contributed by atoms with Crippen LogP contribution in [0.1, 0.15) is 0 Å². The van der Waals surface area contributed by atoms with Crippen LogP contribution in [0.15, 0.2) is 29.2 Å². The third-order valence-electron chi connectivity index (χ3n) is 3.87. The number of thioether (sulfide) groups is 2. The van der Waals surface area contributed by atoms with Gasteiger partial charge in [-0.1, -0.05) is 23.7 Å². The van der Waals surface area contributed by atoms with Gasteiger partial charge in [0.15, 0.2) is 0 Å². The van der Waals surface area contributed by atoms with E-state index in [0.717, 1.165) is 11.5 Å². The summed E-state index contributed by atoms with van der Waals surface area (Å²) in [6.45, 7) is 1.37. The summed E-state index contributed by atoms with van der Waals surface area (Å²) in [4.78, 5) is 14.6. The van der Waals surface area contributed by atoms with Gasteiger partial charge in [-0.3, -0.25) is 4.79 Å². The molecule has 0 saturated carbocycles. The fourth-order valence-corrected chi connectivity index (χ4v) is 7.17. The Morgan fingerprint density at radius 2 is 1.87 bits per heavy atom. The highest BCUT2D eigenvalue weighted by molar-refractivity contribution is 8.00. The summed E-state index contributed by atoms with van der Waals surface area (Å²) < 4.78 is 27.1. The van der Waals surface area contributed by atoms with Crippen molar-refractivity contribution < 1.29 is 13.2 Å². The van der Waals surface area contributed by atoms with E-state index in [1.807, 2.05) is 11.8 Å². The molecule has 3 rings (SSSR count). The molecular formula is C14H17ClN2O3S3. The van der Waals surface area contributed by atoms with Crippen LogP contribution in [-0.4, -0.2) is 65.8 Å². The molecule has 0 bridgehead atoms. The fraction of sp³-hybridized carbons (Fsp3) is 0.500. The molecule has 2 aliphatic rings. The maximum atomic E-state index is 12.9. The molecule has 23 heavy (non-hydrogen) atoms. The predicted octanol–water partition coefficient (Wildman–Crippen LogP) is 1.98. The van der Waals surface area contributed by atoms with Crippen LogP contribution in [0.3, 0.4) is 0 Å². The van der Waals surface area contributed by atoms with E-state index in [2.05, 4.69) is 0 Å². The van der Waals surface area contributed by atoms with Crippen molar-refractivity contribution >= 4 is 51.1 Å². The lowest BCUT2D eigenvalue weighted by molar-refractivity contribution is -0.133. The number of halogens is 1. The molecule has 1 atom stereocenters. The average molecular weight is 393 g/mol. The van der Waals surface area contributed by atoms with E-state index in [4.69, 9.17) is 11.6 Å². The van der Waals surface area contributed by atoms with E-state index < -0.39 is 16.1 Å².